The molecule has 0 aliphatic heterocycles. The van der Waals surface area contributed by atoms with Crippen LogP contribution in [0.4, 0.5) is 11.4 Å². The SMILES string of the molecule is Nc1ccc(-c2cccc(-n3c4cc(C=O)ccc4c4c5sc6ccccc6c5ccc43)c2)cc1N. The van der Waals surface area contributed by atoms with Crippen LogP contribution >= 0.6 is 11.3 Å². The minimum absolute atomic E-state index is 0.567. The van der Waals surface area contributed by atoms with Gasteiger partial charge in [-0.1, -0.05) is 54.6 Å². The van der Waals surface area contributed by atoms with Gasteiger partial charge in [0.2, 0.25) is 0 Å². The van der Waals surface area contributed by atoms with Gasteiger partial charge in [0.15, 0.2) is 0 Å². The number of aromatic nitrogens is 1. The summed E-state index contributed by atoms with van der Waals surface area (Å²) in [6, 6.07) is 33.0. The predicted octanol–water partition coefficient (Wildman–Crippen LogP) is 7.80. The molecule has 0 fully saturated rings. The molecular weight excluding hydrogens is 462 g/mol. The zero-order valence-electron chi connectivity index (χ0n) is 19.2. The molecule has 5 aromatic carbocycles. The first-order chi connectivity index (χ1) is 17.6. The normalized spacial score (nSPS) is 11.7. The van der Waals surface area contributed by atoms with Gasteiger partial charge >= 0.3 is 0 Å². The van der Waals surface area contributed by atoms with Gasteiger partial charge in [0, 0.05) is 42.2 Å². The van der Waals surface area contributed by atoms with E-state index in [1.165, 1.54) is 25.6 Å². The molecule has 5 heteroatoms. The molecular formula is C31H21N3OS. The summed E-state index contributed by atoms with van der Waals surface area (Å²) in [5.41, 5.74) is 19.0. The fourth-order valence-corrected chi connectivity index (χ4v) is 6.49. The standard InChI is InChI=1S/C31H21N3OS/c32-25-12-9-20(16-26(25)33)19-4-3-5-21(15-19)34-27-13-11-23-22-6-1-2-7-29(22)36-31(23)30(27)24-10-8-18(17-35)14-28(24)34/h1-17H,32-33H2. The number of anilines is 2. The molecule has 0 saturated carbocycles. The largest absolute Gasteiger partial charge is 0.397 e. The lowest BCUT2D eigenvalue weighted by atomic mass is 10.0. The number of thiophene rings is 1. The number of nitrogens with zero attached hydrogens (tertiary/aromatic N) is 1. The summed E-state index contributed by atoms with van der Waals surface area (Å²) in [5, 5.41) is 4.87. The van der Waals surface area contributed by atoms with Crippen molar-refractivity contribution in [2.24, 2.45) is 0 Å². The van der Waals surface area contributed by atoms with Crippen molar-refractivity contribution >= 4 is 71.0 Å². The Hall–Kier alpha value is -4.61. The molecule has 0 spiro atoms. The van der Waals surface area contributed by atoms with Gasteiger partial charge in [-0.25, -0.2) is 0 Å². The van der Waals surface area contributed by atoms with E-state index in [2.05, 4.69) is 71.3 Å². The molecule has 0 saturated heterocycles. The number of rotatable bonds is 3. The second-order valence-corrected chi connectivity index (χ2v) is 10.1. The summed E-state index contributed by atoms with van der Waals surface area (Å²) in [6.07, 6.45) is 0.907. The number of benzene rings is 5. The average Bonchev–Trinajstić information content (AvgIpc) is 3.45. The molecule has 7 aromatic rings. The molecule has 7 rings (SSSR count). The van der Waals surface area contributed by atoms with Crippen LogP contribution in [0.5, 0.6) is 0 Å². The van der Waals surface area contributed by atoms with E-state index in [1.54, 1.807) is 0 Å². The molecule has 0 aliphatic rings. The highest BCUT2D eigenvalue weighted by molar-refractivity contribution is 7.26. The molecule has 0 atom stereocenters. The van der Waals surface area contributed by atoms with E-state index in [-0.39, 0.29) is 0 Å². The van der Waals surface area contributed by atoms with E-state index in [0.29, 0.717) is 16.9 Å². The fourth-order valence-electron chi connectivity index (χ4n) is 5.23. The zero-order valence-corrected chi connectivity index (χ0v) is 20.0. The van der Waals surface area contributed by atoms with E-state index < -0.39 is 0 Å². The average molecular weight is 484 g/mol. The lowest BCUT2D eigenvalue weighted by Crippen LogP contribution is -1.96. The highest BCUT2D eigenvalue weighted by Crippen LogP contribution is 2.43. The number of nitrogen functional groups attached to an aromatic ring is 2. The van der Waals surface area contributed by atoms with E-state index in [9.17, 15) is 4.79 Å². The van der Waals surface area contributed by atoms with Crippen LogP contribution in [0.3, 0.4) is 0 Å². The van der Waals surface area contributed by atoms with Gasteiger partial charge in [-0.15, -0.1) is 11.3 Å². The van der Waals surface area contributed by atoms with Gasteiger partial charge in [0.1, 0.15) is 6.29 Å². The Labute approximate surface area is 211 Å². The Balaban J connectivity index is 1.57. The fraction of sp³-hybridized carbons (Fsp3) is 0. The highest BCUT2D eigenvalue weighted by atomic mass is 32.1. The van der Waals surface area contributed by atoms with Gasteiger partial charge < -0.3 is 16.0 Å². The maximum Gasteiger partial charge on any atom is 0.150 e. The molecule has 0 unspecified atom stereocenters. The van der Waals surface area contributed by atoms with Crippen LogP contribution in [0.1, 0.15) is 10.4 Å². The van der Waals surface area contributed by atoms with Crippen LogP contribution in [0.15, 0.2) is 97.1 Å². The molecule has 0 radical (unpaired) electrons. The van der Waals surface area contributed by atoms with E-state index in [1.807, 2.05) is 41.7 Å². The molecule has 2 heterocycles. The van der Waals surface area contributed by atoms with Crippen molar-refractivity contribution in [2.45, 2.75) is 0 Å². The van der Waals surface area contributed by atoms with E-state index in [4.69, 9.17) is 11.5 Å². The van der Waals surface area contributed by atoms with Gasteiger partial charge in [-0.3, -0.25) is 4.79 Å². The summed E-state index contributed by atoms with van der Waals surface area (Å²) in [4.78, 5) is 11.7. The van der Waals surface area contributed by atoms with Crippen LogP contribution in [0.25, 0.3) is 58.8 Å². The lowest BCUT2D eigenvalue weighted by Gasteiger charge is -2.11. The van der Waals surface area contributed by atoms with Crippen molar-refractivity contribution in [1.82, 2.24) is 4.57 Å². The molecule has 2 aromatic heterocycles. The van der Waals surface area contributed by atoms with Crippen molar-refractivity contribution in [3.63, 3.8) is 0 Å². The first-order valence-corrected chi connectivity index (χ1v) is 12.5. The van der Waals surface area contributed by atoms with Crippen LogP contribution in [0, 0.1) is 0 Å². The predicted molar refractivity (Wildman–Crippen MR) is 153 cm³/mol. The second kappa shape index (κ2) is 7.70. The number of nitrogens with two attached hydrogens (primary N) is 2. The van der Waals surface area contributed by atoms with Crippen molar-refractivity contribution in [2.75, 3.05) is 11.5 Å². The number of aldehydes is 1. The van der Waals surface area contributed by atoms with Crippen molar-refractivity contribution in [3.05, 3.63) is 103 Å². The maximum atomic E-state index is 11.7. The Morgan fingerprint density at radius 1 is 0.667 bits per heavy atom. The molecule has 0 amide bonds. The van der Waals surface area contributed by atoms with Gasteiger partial charge in [-0.2, -0.15) is 0 Å². The van der Waals surface area contributed by atoms with Crippen molar-refractivity contribution in [1.29, 1.82) is 0 Å². The zero-order chi connectivity index (χ0) is 24.4. The number of fused-ring (bicyclic) bond motifs is 7. The molecule has 172 valence electrons. The van der Waals surface area contributed by atoms with Crippen molar-refractivity contribution < 1.29 is 4.79 Å². The summed E-state index contributed by atoms with van der Waals surface area (Å²) >= 11 is 1.82. The van der Waals surface area contributed by atoms with E-state index in [0.717, 1.165) is 39.5 Å². The number of carbonyl (C=O) groups excluding carboxylic acids is 1. The number of carbonyl (C=O) groups is 1. The highest BCUT2D eigenvalue weighted by Gasteiger charge is 2.18. The molecule has 0 aliphatic carbocycles. The third-order valence-electron chi connectivity index (χ3n) is 6.96. The number of hydrogen-bond acceptors (Lipinski definition) is 4. The Kier molecular flexibility index (Phi) is 4.43. The molecule has 36 heavy (non-hydrogen) atoms. The maximum absolute atomic E-state index is 11.7. The van der Waals surface area contributed by atoms with Gasteiger partial charge in [0.05, 0.1) is 22.4 Å². The van der Waals surface area contributed by atoms with Crippen LogP contribution in [-0.4, -0.2) is 10.9 Å². The Morgan fingerprint density at radius 3 is 2.36 bits per heavy atom. The molecule has 4 N–H and O–H groups in total. The number of hydrogen-bond donors (Lipinski definition) is 2. The van der Waals surface area contributed by atoms with Crippen LogP contribution in [-0.2, 0) is 0 Å². The minimum Gasteiger partial charge on any atom is -0.397 e. The lowest BCUT2D eigenvalue weighted by molar-refractivity contribution is 0.112. The monoisotopic (exact) mass is 483 g/mol. The van der Waals surface area contributed by atoms with Crippen LogP contribution < -0.4 is 11.5 Å². The topological polar surface area (TPSA) is 74.0 Å². The first-order valence-electron chi connectivity index (χ1n) is 11.7. The minimum atomic E-state index is 0.567. The van der Waals surface area contributed by atoms with E-state index >= 15 is 0 Å². The quantitative estimate of drug-likeness (QED) is 0.199. The smallest absolute Gasteiger partial charge is 0.150 e. The third kappa shape index (κ3) is 2.96. The second-order valence-electron chi connectivity index (χ2n) is 9.06. The Morgan fingerprint density at radius 2 is 1.50 bits per heavy atom. The molecule has 0 bridgehead atoms. The van der Waals surface area contributed by atoms with Gasteiger partial charge in [0.25, 0.3) is 0 Å². The summed E-state index contributed by atoms with van der Waals surface area (Å²) in [5.74, 6) is 0. The Bertz CT molecular complexity index is 2000. The summed E-state index contributed by atoms with van der Waals surface area (Å²) in [7, 11) is 0. The van der Waals surface area contributed by atoms with Crippen molar-refractivity contribution in [3.8, 4) is 16.8 Å². The van der Waals surface area contributed by atoms with Crippen LogP contribution in [0.2, 0.25) is 0 Å². The third-order valence-corrected chi connectivity index (χ3v) is 8.16. The summed E-state index contributed by atoms with van der Waals surface area (Å²) in [6.45, 7) is 0. The summed E-state index contributed by atoms with van der Waals surface area (Å²) < 4.78 is 4.79. The van der Waals surface area contributed by atoms with Gasteiger partial charge in [-0.05, 0) is 53.6 Å². The molecule has 4 nitrogen and oxygen atoms in total. The first kappa shape index (κ1) is 20.7.